The molecule has 1 N–H and O–H groups in total. The van der Waals surface area contributed by atoms with Gasteiger partial charge in [0.15, 0.2) is 0 Å². The highest BCUT2D eigenvalue weighted by Gasteiger charge is 2.14. The second-order valence-corrected chi connectivity index (χ2v) is 7.21. The number of amides is 1. The lowest BCUT2D eigenvalue weighted by Crippen LogP contribution is -2.20. The molecule has 0 spiro atoms. The van der Waals surface area contributed by atoms with E-state index in [-0.39, 0.29) is 18.6 Å². The summed E-state index contributed by atoms with van der Waals surface area (Å²) in [6, 6.07) is 11.6. The first-order chi connectivity index (χ1) is 14.6. The van der Waals surface area contributed by atoms with Gasteiger partial charge in [-0.05, 0) is 55.8 Å². The Morgan fingerprint density at radius 3 is 2.70 bits per heavy atom. The first-order valence-corrected chi connectivity index (χ1v) is 9.79. The molecule has 7 nitrogen and oxygen atoms in total. The van der Waals surface area contributed by atoms with Crippen LogP contribution in [0.25, 0.3) is 22.0 Å². The van der Waals surface area contributed by atoms with Crippen molar-refractivity contribution in [1.29, 1.82) is 0 Å². The Hall–Kier alpha value is -3.74. The van der Waals surface area contributed by atoms with Crippen molar-refractivity contribution >= 4 is 16.8 Å². The van der Waals surface area contributed by atoms with E-state index in [2.05, 4.69) is 34.2 Å². The van der Waals surface area contributed by atoms with E-state index in [0.717, 1.165) is 22.0 Å². The van der Waals surface area contributed by atoms with Crippen molar-refractivity contribution in [2.75, 3.05) is 7.05 Å². The van der Waals surface area contributed by atoms with E-state index in [9.17, 15) is 4.79 Å². The van der Waals surface area contributed by atoms with Crippen molar-refractivity contribution in [2.24, 2.45) is 0 Å². The van der Waals surface area contributed by atoms with Crippen LogP contribution in [0.4, 0.5) is 0 Å². The molecule has 0 saturated heterocycles. The quantitative estimate of drug-likeness (QED) is 0.528. The number of aromatic nitrogens is 4. The minimum atomic E-state index is -0.192. The van der Waals surface area contributed by atoms with Gasteiger partial charge in [-0.15, -0.1) is 0 Å². The standard InChI is InChI=1S/C23H23N5O2/c1-15(2)28-13-17(12-27-28)16-10-20-18(6-4-8-25-20)22(11-16)30-14-21-19(23(29)24-3)7-5-9-26-21/h4-13,15H,14H2,1-3H3,(H,24,29). The molecular weight excluding hydrogens is 378 g/mol. The average molecular weight is 401 g/mol. The lowest BCUT2D eigenvalue weighted by molar-refractivity contribution is 0.0960. The summed E-state index contributed by atoms with van der Waals surface area (Å²) in [7, 11) is 1.60. The van der Waals surface area contributed by atoms with Crippen LogP contribution in [0, 0.1) is 0 Å². The van der Waals surface area contributed by atoms with Gasteiger partial charge in [0.25, 0.3) is 5.91 Å². The van der Waals surface area contributed by atoms with Gasteiger partial charge in [-0.25, -0.2) is 0 Å². The molecule has 7 heteroatoms. The highest BCUT2D eigenvalue weighted by Crippen LogP contribution is 2.32. The molecule has 0 saturated carbocycles. The fourth-order valence-electron chi connectivity index (χ4n) is 3.24. The van der Waals surface area contributed by atoms with Gasteiger partial charge in [0.05, 0.1) is 23.0 Å². The number of fused-ring (bicyclic) bond motifs is 1. The molecule has 3 heterocycles. The molecule has 0 bridgehead atoms. The van der Waals surface area contributed by atoms with Crippen molar-refractivity contribution in [3.63, 3.8) is 0 Å². The maximum Gasteiger partial charge on any atom is 0.253 e. The zero-order valence-electron chi connectivity index (χ0n) is 17.2. The number of nitrogens with zero attached hydrogens (tertiary/aromatic N) is 4. The van der Waals surface area contributed by atoms with Crippen LogP contribution in [-0.2, 0) is 6.61 Å². The minimum absolute atomic E-state index is 0.169. The van der Waals surface area contributed by atoms with Gasteiger partial charge in [-0.3, -0.25) is 19.4 Å². The molecule has 30 heavy (non-hydrogen) atoms. The fraction of sp³-hybridized carbons (Fsp3) is 0.217. The SMILES string of the molecule is CNC(=O)c1cccnc1COc1cc(-c2cnn(C(C)C)c2)cc2ncccc12. The number of benzene rings is 1. The Morgan fingerprint density at radius 1 is 1.13 bits per heavy atom. The molecular formula is C23H23N5O2. The van der Waals surface area contributed by atoms with Crippen molar-refractivity contribution < 1.29 is 9.53 Å². The van der Waals surface area contributed by atoms with E-state index in [0.29, 0.717) is 17.0 Å². The lowest BCUT2D eigenvalue weighted by Gasteiger charge is -2.12. The number of carbonyl (C=O) groups is 1. The summed E-state index contributed by atoms with van der Waals surface area (Å²) in [5.74, 6) is 0.490. The largest absolute Gasteiger partial charge is 0.487 e. The summed E-state index contributed by atoms with van der Waals surface area (Å²) in [5.41, 5.74) is 3.86. The van der Waals surface area contributed by atoms with Gasteiger partial charge in [0.2, 0.25) is 0 Å². The lowest BCUT2D eigenvalue weighted by atomic mass is 10.1. The molecule has 0 unspecified atom stereocenters. The normalized spacial score (nSPS) is 11.1. The summed E-state index contributed by atoms with van der Waals surface area (Å²) in [6.07, 6.45) is 7.27. The first kappa shape index (κ1) is 19.6. The Bertz CT molecular complexity index is 1200. The Morgan fingerprint density at radius 2 is 1.93 bits per heavy atom. The molecule has 0 fully saturated rings. The molecule has 0 aliphatic rings. The van der Waals surface area contributed by atoms with E-state index in [1.807, 2.05) is 41.3 Å². The maximum absolute atomic E-state index is 12.1. The van der Waals surface area contributed by atoms with E-state index in [4.69, 9.17) is 4.74 Å². The van der Waals surface area contributed by atoms with E-state index in [1.165, 1.54) is 0 Å². The number of nitrogens with one attached hydrogen (secondary N) is 1. The summed E-state index contributed by atoms with van der Waals surface area (Å²) in [5, 5.41) is 7.97. The Balaban J connectivity index is 1.71. The fourth-order valence-corrected chi connectivity index (χ4v) is 3.24. The first-order valence-electron chi connectivity index (χ1n) is 9.79. The van der Waals surface area contributed by atoms with Crippen LogP contribution in [0.5, 0.6) is 5.75 Å². The van der Waals surface area contributed by atoms with Crippen molar-refractivity contribution in [3.05, 3.63) is 72.4 Å². The minimum Gasteiger partial charge on any atom is -0.487 e. The zero-order valence-corrected chi connectivity index (χ0v) is 17.2. The number of ether oxygens (including phenoxy) is 1. The van der Waals surface area contributed by atoms with Crippen molar-refractivity contribution in [2.45, 2.75) is 26.5 Å². The topological polar surface area (TPSA) is 81.9 Å². The monoisotopic (exact) mass is 401 g/mol. The van der Waals surface area contributed by atoms with Gasteiger partial charge < -0.3 is 10.1 Å². The smallest absolute Gasteiger partial charge is 0.253 e. The maximum atomic E-state index is 12.1. The highest BCUT2D eigenvalue weighted by molar-refractivity contribution is 5.95. The van der Waals surface area contributed by atoms with Crippen LogP contribution < -0.4 is 10.1 Å². The van der Waals surface area contributed by atoms with Crippen LogP contribution >= 0.6 is 0 Å². The molecule has 152 valence electrons. The number of pyridine rings is 2. The molecule has 0 radical (unpaired) electrons. The van der Waals surface area contributed by atoms with Gasteiger partial charge >= 0.3 is 0 Å². The van der Waals surface area contributed by atoms with Crippen molar-refractivity contribution in [3.8, 4) is 16.9 Å². The zero-order chi connectivity index (χ0) is 21.1. The Labute approximate surface area is 174 Å². The van der Waals surface area contributed by atoms with Gasteiger partial charge in [0, 0.05) is 42.6 Å². The third-order valence-electron chi connectivity index (χ3n) is 4.87. The van der Waals surface area contributed by atoms with E-state index >= 15 is 0 Å². The van der Waals surface area contributed by atoms with Crippen LogP contribution in [0.2, 0.25) is 0 Å². The number of rotatable bonds is 6. The Kier molecular flexibility index (Phi) is 5.43. The van der Waals surface area contributed by atoms with Crippen LogP contribution in [0.3, 0.4) is 0 Å². The predicted octanol–water partition coefficient (Wildman–Crippen LogP) is 4.01. The van der Waals surface area contributed by atoms with Gasteiger partial charge in [-0.2, -0.15) is 5.10 Å². The van der Waals surface area contributed by atoms with Gasteiger partial charge in [0.1, 0.15) is 12.4 Å². The number of hydrogen-bond donors (Lipinski definition) is 1. The summed E-state index contributed by atoms with van der Waals surface area (Å²) in [6.45, 7) is 4.34. The number of carbonyl (C=O) groups excluding carboxylic acids is 1. The summed E-state index contributed by atoms with van der Waals surface area (Å²) in [4.78, 5) is 21.0. The molecule has 0 aliphatic carbocycles. The van der Waals surface area contributed by atoms with Crippen LogP contribution in [-0.4, -0.2) is 32.7 Å². The molecule has 3 aromatic heterocycles. The number of hydrogen-bond acceptors (Lipinski definition) is 5. The van der Waals surface area contributed by atoms with E-state index < -0.39 is 0 Å². The second-order valence-electron chi connectivity index (χ2n) is 7.21. The molecule has 0 atom stereocenters. The van der Waals surface area contributed by atoms with Crippen molar-refractivity contribution in [1.82, 2.24) is 25.1 Å². The average Bonchev–Trinajstić information content (AvgIpc) is 3.28. The molecule has 1 amide bonds. The second kappa shape index (κ2) is 8.32. The predicted molar refractivity (Wildman–Crippen MR) is 115 cm³/mol. The third-order valence-corrected chi connectivity index (χ3v) is 4.87. The molecule has 0 aliphatic heterocycles. The van der Waals surface area contributed by atoms with E-state index in [1.54, 1.807) is 31.6 Å². The van der Waals surface area contributed by atoms with Gasteiger partial charge in [-0.1, -0.05) is 0 Å². The van der Waals surface area contributed by atoms with Crippen LogP contribution in [0.1, 0.15) is 35.9 Å². The van der Waals surface area contributed by atoms with Crippen LogP contribution in [0.15, 0.2) is 61.2 Å². The summed E-state index contributed by atoms with van der Waals surface area (Å²) < 4.78 is 8.07. The molecule has 1 aromatic carbocycles. The highest BCUT2D eigenvalue weighted by atomic mass is 16.5. The summed E-state index contributed by atoms with van der Waals surface area (Å²) >= 11 is 0. The molecule has 4 rings (SSSR count). The molecule has 4 aromatic rings. The third kappa shape index (κ3) is 3.87.